The summed E-state index contributed by atoms with van der Waals surface area (Å²) >= 11 is 0. The summed E-state index contributed by atoms with van der Waals surface area (Å²) in [7, 11) is 0. The molecule has 4 heteroatoms. The van der Waals surface area contributed by atoms with Gasteiger partial charge < -0.3 is 0 Å². The third-order valence-corrected chi connectivity index (χ3v) is 4.82. The molecular weight excluding hydrogens is 257 g/mol. The third kappa shape index (κ3) is 2.03. The van der Waals surface area contributed by atoms with E-state index < -0.39 is 5.92 Å². The van der Waals surface area contributed by atoms with Crippen molar-refractivity contribution >= 4 is 11.8 Å². The van der Waals surface area contributed by atoms with Crippen LogP contribution < -0.4 is 5.32 Å². The first-order chi connectivity index (χ1) is 9.56. The Morgan fingerprint density at radius 3 is 2.70 bits per heavy atom. The van der Waals surface area contributed by atoms with E-state index in [4.69, 9.17) is 0 Å². The minimum absolute atomic E-state index is 0.198. The van der Waals surface area contributed by atoms with Crippen LogP contribution in [0.2, 0.25) is 0 Å². The molecule has 1 saturated heterocycles. The summed E-state index contributed by atoms with van der Waals surface area (Å²) in [5, 5.41) is 2.42. The molecule has 1 aliphatic heterocycles. The highest BCUT2D eigenvalue weighted by Gasteiger charge is 2.55. The van der Waals surface area contributed by atoms with Gasteiger partial charge in [-0.05, 0) is 48.3 Å². The van der Waals surface area contributed by atoms with Crippen LogP contribution in [0.25, 0.3) is 0 Å². The van der Waals surface area contributed by atoms with Crippen LogP contribution in [-0.2, 0) is 9.59 Å². The van der Waals surface area contributed by atoms with Crippen molar-refractivity contribution in [1.29, 1.82) is 0 Å². The lowest BCUT2D eigenvalue weighted by Gasteiger charge is -2.43. The highest BCUT2D eigenvalue weighted by atomic mass is 19.1. The summed E-state index contributed by atoms with van der Waals surface area (Å²) in [5.74, 6) is -0.839. The fourth-order valence-corrected chi connectivity index (χ4v) is 3.74. The number of nitrogens with one attached hydrogen (secondary N) is 1. The van der Waals surface area contributed by atoms with Crippen LogP contribution in [0, 0.1) is 17.2 Å². The van der Waals surface area contributed by atoms with Crippen molar-refractivity contribution in [3.05, 3.63) is 35.6 Å². The van der Waals surface area contributed by atoms with Gasteiger partial charge in [0.25, 0.3) is 0 Å². The number of amides is 2. The molecule has 0 spiro atoms. The lowest BCUT2D eigenvalue weighted by Crippen LogP contribution is -2.51. The lowest BCUT2D eigenvalue weighted by atomic mass is 9.62. The van der Waals surface area contributed by atoms with Crippen molar-refractivity contribution in [3.63, 3.8) is 0 Å². The Hall–Kier alpha value is -1.71. The highest BCUT2D eigenvalue weighted by molar-refractivity contribution is 6.02. The quantitative estimate of drug-likeness (QED) is 0.862. The molecule has 2 amide bonds. The largest absolute Gasteiger partial charge is 0.296 e. The molecule has 20 heavy (non-hydrogen) atoms. The van der Waals surface area contributed by atoms with Crippen LogP contribution in [-0.4, -0.2) is 11.8 Å². The van der Waals surface area contributed by atoms with E-state index in [0.717, 1.165) is 19.3 Å². The molecule has 0 bridgehead atoms. The number of hydrogen-bond acceptors (Lipinski definition) is 2. The zero-order chi connectivity index (χ0) is 14.3. The van der Waals surface area contributed by atoms with Gasteiger partial charge in [-0.1, -0.05) is 19.1 Å². The maximum atomic E-state index is 13.5. The average molecular weight is 275 g/mol. The van der Waals surface area contributed by atoms with Crippen molar-refractivity contribution in [2.75, 3.05) is 0 Å². The average Bonchev–Trinajstić information content (AvgIpc) is 3.22. The molecule has 2 fully saturated rings. The molecule has 1 N–H and O–H groups in total. The van der Waals surface area contributed by atoms with E-state index in [9.17, 15) is 14.0 Å². The number of carbonyl (C=O) groups excluding carboxylic acids is 2. The van der Waals surface area contributed by atoms with E-state index in [2.05, 4.69) is 5.32 Å². The van der Waals surface area contributed by atoms with E-state index in [0.29, 0.717) is 17.9 Å². The van der Waals surface area contributed by atoms with Gasteiger partial charge in [-0.3, -0.25) is 14.9 Å². The highest BCUT2D eigenvalue weighted by Crippen LogP contribution is 2.58. The summed E-state index contributed by atoms with van der Waals surface area (Å²) in [5.41, 5.74) is 0.344. The number of rotatable bonds is 3. The van der Waals surface area contributed by atoms with Crippen LogP contribution in [0.4, 0.5) is 4.39 Å². The van der Waals surface area contributed by atoms with Gasteiger partial charge in [-0.25, -0.2) is 4.39 Å². The SMILES string of the molecule is CCC1(C2CC2)CC(=O)NC(=O)C1c1cccc(F)c1. The topological polar surface area (TPSA) is 46.2 Å². The summed E-state index contributed by atoms with van der Waals surface area (Å²) in [4.78, 5) is 24.2. The second-order valence-corrected chi connectivity index (χ2v) is 5.94. The van der Waals surface area contributed by atoms with Crippen molar-refractivity contribution in [3.8, 4) is 0 Å². The van der Waals surface area contributed by atoms with Gasteiger partial charge in [0.1, 0.15) is 5.82 Å². The number of carbonyl (C=O) groups is 2. The fourth-order valence-electron chi connectivity index (χ4n) is 3.74. The molecule has 3 nitrogen and oxygen atoms in total. The molecule has 1 aromatic carbocycles. The Balaban J connectivity index is 2.08. The summed E-state index contributed by atoms with van der Waals surface area (Å²) < 4.78 is 13.5. The summed E-state index contributed by atoms with van der Waals surface area (Å²) in [6.45, 7) is 2.02. The molecule has 0 aromatic heterocycles. The van der Waals surface area contributed by atoms with Gasteiger partial charge in [0.05, 0.1) is 5.92 Å². The predicted molar refractivity (Wildman–Crippen MR) is 72.4 cm³/mol. The van der Waals surface area contributed by atoms with Gasteiger partial charge in [0.15, 0.2) is 0 Å². The lowest BCUT2D eigenvalue weighted by molar-refractivity contribution is -0.141. The van der Waals surface area contributed by atoms with Crippen LogP contribution in [0.3, 0.4) is 0 Å². The van der Waals surface area contributed by atoms with Gasteiger partial charge in [0.2, 0.25) is 11.8 Å². The summed E-state index contributed by atoms with van der Waals surface area (Å²) in [6, 6.07) is 6.21. The third-order valence-electron chi connectivity index (χ3n) is 4.82. The van der Waals surface area contributed by atoms with Crippen LogP contribution in [0.15, 0.2) is 24.3 Å². The second kappa shape index (κ2) is 4.69. The Morgan fingerprint density at radius 2 is 2.10 bits per heavy atom. The number of hydrogen-bond donors (Lipinski definition) is 1. The maximum absolute atomic E-state index is 13.5. The second-order valence-electron chi connectivity index (χ2n) is 5.94. The number of piperidine rings is 1. The predicted octanol–water partition coefficient (Wildman–Crippen LogP) is 2.76. The molecular formula is C16H18FNO2. The van der Waals surface area contributed by atoms with E-state index in [-0.39, 0.29) is 23.0 Å². The van der Waals surface area contributed by atoms with Gasteiger partial charge >= 0.3 is 0 Å². The molecule has 0 radical (unpaired) electrons. The van der Waals surface area contributed by atoms with E-state index in [1.54, 1.807) is 12.1 Å². The number of benzene rings is 1. The molecule has 3 rings (SSSR count). The maximum Gasteiger partial charge on any atom is 0.234 e. The van der Waals surface area contributed by atoms with Crippen molar-refractivity contribution < 1.29 is 14.0 Å². The normalized spacial score (nSPS) is 30.2. The van der Waals surface area contributed by atoms with Crippen LogP contribution in [0.1, 0.15) is 44.1 Å². The molecule has 2 unspecified atom stereocenters. The van der Waals surface area contributed by atoms with Crippen LogP contribution in [0.5, 0.6) is 0 Å². The van der Waals surface area contributed by atoms with Crippen molar-refractivity contribution in [1.82, 2.24) is 5.32 Å². The number of halogens is 1. The smallest absolute Gasteiger partial charge is 0.234 e. The van der Waals surface area contributed by atoms with E-state index in [1.807, 2.05) is 6.92 Å². The molecule has 1 heterocycles. The molecule has 106 valence electrons. The zero-order valence-electron chi connectivity index (χ0n) is 11.5. The standard InChI is InChI=1S/C16H18FNO2/c1-2-16(11-6-7-11)9-13(19)18-15(20)14(16)10-4-3-5-12(17)8-10/h3-5,8,11,14H,2,6-7,9H2,1H3,(H,18,19,20). The minimum atomic E-state index is -0.423. The first-order valence-electron chi connectivity index (χ1n) is 7.16. The van der Waals surface area contributed by atoms with Crippen LogP contribution >= 0.6 is 0 Å². The first-order valence-corrected chi connectivity index (χ1v) is 7.16. The Labute approximate surface area is 117 Å². The molecule has 2 aliphatic rings. The fraction of sp³-hybridized carbons (Fsp3) is 0.500. The Morgan fingerprint density at radius 1 is 1.35 bits per heavy atom. The first kappa shape index (κ1) is 13.3. The van der Waals surface area contributed by atoms with E-state index >= 15 is 0 Å². The Kier molecular flexibility index (Phi) is 3.11. The summed E-state index contributed by atoms with van der Waals surface area (Å²) in [6.07, 6.45) is 3.24. The van der Waals surface area contributed by atoms with Crippen molar-refractivity contribution in [2.24, 2.45) is 11.3 Å². The minimum Gasteiger partial charge on any atom is -0.296 e. The van der Waals surface area contributed by atoms with Gasteiger partial charge in [-0.2, -0.15) is 0 Å². The van der Waals surface area contributed by atoms with Crippen molar-refractivity contribution in [2.45, 2.75) is 38.5 Å². The molecule has 1 saturated carbocycles. The zero-order valence-corrected chi connectivity index (χ0v) is 11.5. The Bertz CT molecular complexity index is 567. The van der Waals surface area contributed by atoms with Gasteiger partial charge in [0, 0.05) is 6.42 Å². The number of imide groups is 1. The molecule has 1 aliphatic carbocycles. The molecule has 2 atom stereocenters. The van der Waals surface area contributed by atoms with Gasteiger partial charge in [-0.15, -0.1) is 0 Å². The molecule has 1 aromatic rings. The van der Waals surface area contributed by atoms with E-state index in [1.165, 1.54) is 12.1 Å². The monoisotopic (exact) mass is 275 g/mol.